The number of nitrogens with zero attached hydrogens (tertiary/aromatic N) is 2. The van der Waals surface area contributed by atoms with E-state index in [-0.39, 0.29) is 18.1 Å². The minimum atomic E-state index is -0.222. The van der Waals surface area contributed by atoms with Gasteiger partial charge in [-0.25, -0.2) is 0 Å². The van der Waals surface area contributed by atoms with E-state index in [2.05, 4.69) is 15.7 Å². The molecule has 3 rings (SSSR count). The van der Waals surface area contributed by atoms with Gasteiger partial charge in [0.1, 0.15) is 0 Å². The molecule has 1 saturated heterocycles. The molecule has 0 saturated carbocycles. The Kier molecular flexibility index (Phi) is 5.65. The highest BCUT2D eigenvalue weighted by Gasteiger charge is 2.31. The number of hydrogen-bond acceptors (Lipinski definition) is 5. The monoisotopic (exact) mass is 348 g/mol. The van der Waals surface area contributed by atoms with Crippen molar-refractivity contribution in [2.75, 3.05) is 13.2 Å². The second kappa shape index (κ2) is 7.92. The first-order valence-corrected chi connectivity index (χ1v) is 9.15. The van der Waals surface area contributed by atoms with Crippen LogP contribution in [0.15, 0.2) is 29.9 Å². The molecule has 2 N–H and O–H groups in total. The molecule has 130 valence electrons. The number of aryl methyl sites for hydroxylation is 1. The van der Waals surface area contributed by atoms with Crippen molar-refractivity contribution in [3.63, 3.8) is 0 Å². The van der Waals surface area contributed by atoms with Crippen molar-refractivity contribution in [3.8, 4) is 0 Å². The van der Waals surface area contributed by atoms with Crippen molar-refractivity contribution in [3.05, 3.63) is 40.3 Å². The Hall–Kier alpha value is -1.70. The van der Waals surface area contributed by atoms with E-state index >= 15 is 0 Å². The van der Waals surface area contributed by atoms with E-state index in [1.807, 2.05) is 43.9 Å². The van der Waals surface area contributed by atoms with E-state index in [1.54, 1.807) is 16.0 Å². The molecule has 3 heterocycles. The molecule has 2 aromatic rings. The van der Waals surface area contributed by atoms with E-state index in [1.165, 1.54) is 0 Å². The van der Waals surface area contributed by atoms with Crippen molar-refractivity contribution < 1.29 is 9.53 Å². The minimum Gasteiger partial charge on any atom is -0.373 e. The molecule has 1 fully saturated rings. The van der Waals surface area contributed by atoms with Crippen LogP contribution in [-0.2, 0) is 23.1 Å². The van der Waals surface area contributed by atoms with Crippen LogP contribution < -0.4 is 10.6 Å². The summed E-state index contributed by atoms with van der Waals surface area (Å²) in [6, 6.07) is 3.80. The summed E-state index contributed by atoms with van der Waals surface area (Å²) in [4.78, 5) is 13.3. The summed E-state index contributed by atoms with van der Waals surface area (Å²) in [5.74, 6) is 0.391. The van der Waals surface area contributed by atoms with Gasteiger partial charge in [-0.1, -0.05) is 6.07 Å². The average molecular weight is 348 g/mol. The van der Waals surface area contributed by atoms with E-state index in [0.29, 0.717) is 12.5 Å². The predicted molar refractivity (Wildman–Crippen MR) is 93.6 cm³/mol. The summed E-state index contributed by atoms with van der Waals surface area (Å²) < 4.78 is 7.66. The zero-order chi connectivity index (χ0) is 16.9. The molecule has 2 aromatic heterocycles. The number of carbonyl (C=O) groups is 1. The molecule has 1 aliphatic heterocycles. The Bertz CT molecular complexity index is 655. The van der Waals surface area contributed by atoms with Crippen LogP contribution in [0, 0.1) is 5.92 Å². The summed E-state index contributed by atoms with van der Waals surface area (Å²) in [5.41, 5.74) is 1.11. The van der Waals surface area contributed by atoms with Crippen LogP contribution in [0.3, 0.4) is 0 Å². The van der Waals surface area contributed by atoms with Crippen LogP contribution in [0.2, 0.25) is 0 Å². The number of hydrogen-bond donors (Lipinski definition) is 2. The van der Waals surface area contributed by atoms with Crippen LogP contribution >= 0.6 is 11.3 Å². The lowest BCUT2D eigenvalue weighted by Gasteiger charge is -2.20. The van der Waals surface area contributed by atoms with Gasteiger partial charge in [0, 0.05) is 42.8 Å². The molecule has 0 aliphatic carbocycles. The van der Waals surface area contributed by atoms with Crippen molar-refractivity contribution in [2.24, 2.45) is 13.0 Å². The summed E-state index contributed by atoms with van der Waals surface area (Å²) in [7, 11) is 1.91. The van der Waals surface area contributed by atoms with Crippen LogP contribution in [0.1, 0.15) is 29.9 Å². The second-order valence-corrected chi connectivity index (χ2v) is 7.25. The highest BCUT2D eigenvalue weighted by Crippen LogP contribution is 2.33. The van der Waals surface area contributed by atoms with Crippen molar-refractivity contribution >= 4 is 17.2 Å². The lowest BCUT2D eigenvalue weighted by Crippen LogP contribution is -2.43. The van der Waals surface area contributed by atoms with Gasteiger partial charge in [-0.3, -0.25) is 9.48 Å². The largest absolute Gasteiger partial charge is 0.373 e. The highest BCUT2D eigenvalue weighted by atomic mass is 32.1. The third-order valence-electron chi connectivity index (χ3n) is 4.36. The third kappa shape index (κ3) is 4.23. The van der Waals surface area contributed by atoms with Gasteiger partial charge in [0.05, 0.1) is 24.9 Å². The second-order valence-electron chi connectivity index (χ2n) is 6.21. The molecule has 0 unspecified atom stereocenters. The van der Waals surface area contributed by atoms with Gasteiger partial charge in [0.2, 0.25) is 5.91 Å². The van der Waals surface area contributed by atoms with Crippen molar-refractivity contribution in [2.45, 2.75) is 32.0 Å². The number of amides is 1. The molecular weight excluding hydrogens is 324 g/mol. The van der Waals surface area contributed by atoms with Gasteiger partial charge >= 0.3 is 0 Å². The molecular formula is C17H24N4O2S. The van der Waals surface area contributed by atoms with E-state index in [9.17, 15) is 4.79 Å². The van der Waals surface area contributed by atoms with E-state index < -0.39 is 0 Å². The normalized spacial score (nSPS) is 21.8. The molecule has 6 nitrogen and oxygen atoms in total. The Balaban J connectivity index is 1.46. The van der Waals surface area contributed by atoms with Crippen LogP contribution in [-0.4, -0.2) is 34.9 Å². The first-order valence-electron chi connectivity index (χ1n) is 8.27. The smallest absolute Gasteiger partial charge is 0.237 e. The Morgan fingerprint density at radius 2 is 2.46 bits per heavy atom. The Morgan fingerprint density at radius 3 is 3.17 bits per heavy atom. The fourth-order valence-corrected chi connectivity index (χ4v) is 3.60. The number of ether oxygens (including phenoxy) is 1. The van der Waals surface area contributed by atoms with Gasteiger partial charge in [-0.15, -0.1) is 11.3 Å². The maximum absolute atomic E-state index is 12.2. The molecule has 3 atom stereocenters. The average Bonchev–Trinajstić information content (AvgIpc) is 3.31. The van der Waals surface area contributed by atoms with Crippen molar-refractivity contribution in [1.82, 2.24) is 20.4 Å². The zero-order valence-corrected chi connectivity index (χ0v) is 14.9. The maximum Gasteiger partial charge on any atom is 0.237 e. The standard InChI is InChI=1S/C17H24N4O2S/c1-12(17(22)19-10-15-4-3-7-24-15)18-8-13-5-6-23-16(13)14-9-20-21(2)11-14/h3-4,7,9,11-13,16,18H,5-6,8,10H2,1-2H3,(H,19,22)/t12-,13-,16+/m0/s1. The molecule has 24 heavy (non-hydrogen) atoms. The first kappa shape index (κ1) is 17.1. The van der Waals surface area contributed by atoms with Crippen molar-refractivity contribution in [1.29, 1.82) is 0 Å². The Labute approximate surface area is 146 Å². The SMILES string of the molecule is C[C@H](NC[C@@H]1CCO[C@H]1c1cnn(C)c1)C(=O)NCc1cccs1. The lowest BCUT2D eigenvalue weighted by molar-refractivity contribution is -0.123. The maximum atomic E-state index is 12.2. The Morgan fingerprint density at radius 1 is 1.58 bits per heavy atom. The molecule has 0 radical (unpaired) electrons. The summed E-state index contributed by atoms with van der Waals surface area (Å²) in [6.07, 6.45) is 4.92. The first-order chi connectivity index (χ1) is 11.6. The number of carbonyl (C=O) groups excluding carboxylic acids is 1. The van der Waals surface area contributed by atoms with Crippen LogP contribution in [0.25, 0.3) is 0 Å². The van der Waals surface area contributed by atoms with Crippen LogP contribution in [0.4, 0.5) is 0 Å². The minimum absolute atomic E-state index is 0.0280. The number of rotatable bonds is 7. The van der Waals surface area contributed by atoms with Gasteiger partial charge in [0.15, 0.2) is 0 Å². The fraction of sp³-hybridized carbons (Fsp3) is 0.529. The predicted octanol–water partition coefficient (Wildman–Crippen LogP) is 1.85. The topological polar surface area (TPSA) is 68.2 Å². The molecule has 0 aromatic carbocycles. The van der Waals surface area contributed by atoms with Crippen LogP contribution in [0.5, 0.6) is 0 Å². The van der Waals surface area contributed by atoms with Gasteiger partial charge in [-0.05, 0) is 24.8 Å². The number of nitrogens with one attached hydrogen (secondary N) is 2. The van der Waals surface area contributed by atoms with Gasteiger partial charge < -0.3 is 15.4 Å². The molecule has 7 heteroatoms. The zero-order valence-electron chi connectivity index (χ0n) is 14.1. The molecule has 1 amide bonds. The molecule has 0 spiro atoms. The fourth-order valence-electron chi connectivity index (χ4n) is 2.96. The summed E-state index contributed by atoms with van der Waals surface area (Å²) in [5, 5.41) is 12.6. The molecule has 0 bridgehead atoms. The number of aromatic nitrogens is 2. The van der Waals surface area contributed by atoms with E-state index in [4.69, 9.17) is 4.74 Å². The summed E-state index contributed by atoms with van der Waals surface area (Å²) >= 11 is 1.65. The van der Waals surface area contributed by atoms with Gasteiger partial charge in [0.25, 0.3) is 0 Å². The summed E-state index contributed by atoms with van der Waals surface area (Å²) in [6.45, 7) is 4.00. The number of thiophene rings is 1. The van der Waals surface area contributed by atoms with E-state index in [0.717, 1.165) is 30.0 Å². The highest BCUT2D eigenvalue weighted by molar-refractivity contribution is 7.09. The lowest BCUT2D eigenvalue weighted by atomic mass is 9.97. The van der Waals surface area contributed by atoms with Gasteiger partial charge in [-0.2, -0.15) is 5.10 Å². The molecule has 1 aliphatic rings. The third-order valence-corrected chi connectivity index (χ3v) is 5.24. The quantitative estimate of drug-likeness (QED) is 0.801.